The molecule has 1 aliphatic carbocycles. The molecule has 2 N–H and O–H groups in total. The average molecular weight is 565 g/mol. The first kappa shape index (κ1) is 31.6. The number of likely N-dealkylation sites (N-methyl/N-ethyl adjacent to an activating group) is 2. The number of halogens is 1. The molecule has 10 heteroatoms. The Morgan fingerprint density at radius 1 is 1.27 bits per heavy atom. The van der Waals surface area contributed by atoms with E-state index in [0.717, 1.165) is 32.1 Å². The molecule has 1 saturated carbocycles. The zero-order chi connectivity index (χ0) is 29.8. The van der Waals surface area contributed by atoms with Crippen LogP contribution in [0.5, 0.6) is 5.88 Å². The van der Waals surface area contributed by atoms with E-state index in [0.29, 0.717) is 36.2 Å². The Morgan fingerprint density at radius 3 is 2.80 bits per heavy atom. The first-order chi connectivity index (χ1) is 19.7. The van der Waals surface area contributed by atoms with Gasteiger partial charge >= 0.3 is 0 Å². The molecular weight excluding hydrogens is 523 g/mol. The third-order valence-electron chi connectivity index (χ3n) is 6.75. The maximum Gasteiger partial charge on any atom is 0.246 e. The molecule has 1 aromatic carbocycles. The van der Waals surface area contributed by atoms with Crippen LogP contribution in [-0.4, -0.2) is 78.0 Å². The van der Waals surface area contributed by atoms with E-state index in [9.17, 15) is 14.0 Å². The van der Waals surface area contributed by atoms with Gasteiger partial charge in [-0.25, -0.2) is 9.37 Å². The molecule has 220 valence electrons. The number of ether oxygens (including phenoxy) is 1. The lowest BCUT2D eigenvalue weighted by molar-refractivity contribution is -0.135. The van der Waals surface area contributed by atoms with Gasteiger partial charge in [0.25, 0.3) is 0 Å². The van der Waals surface area contributed by atoms with Gasteiger partial charge in [0, 0.05) is 37.3 Å². The molecule has 1 fully saturated rings. The molecule has 1 aromatic heterocycles. The highest BCUT2D eigenvalue weighted by molar-refractivity contribution is 5.92. The minimum atomic E-state index is -0.590. The van der Waals surface area contributed by atoms with E-state index < -0.39 is 6.04 Å². The molecule has 9 nitrogen and oxygen atoms in total. The van der Waals surface area contributed by atoms with Crippen LogP contribution >= 0.6 is 0 Å². The van der Waals surface area contributed by atoms with Gasteiger partial charge in [0.05, 0.1) is 12.8 Å². The Hall–Kier alpha value is -3.97. The lowest BCUT2D eigenvalue weighted by atomic mass is 9.86. The quantitative estimate of drug-likeness (QED) is 0.313. The number of amides is 2. The van der Waals surface area contributed by atoms with E-state index in [-0.39, 0.29) is 29.6 Å². The second kappa shape index (κ2) is 15.7. The van der Waals surface area contributed by atoms with Crippen LogP contribution < -0.4 is 15.4 Å². The van der Waals surface area contributed by atoms with E-state index in [2.05, 4.69) is 32.4 Å². The number of anilines is 2. The van der Waals surface area contributed by atoms with E-state index in [1.807, 2.05) is 25.9 Å². The van der Waals surface area contributed by atoms with Crippen LogP contribution in [0.15, 0.2) is 42.6 Å². The molecule has 0 radical (unpaired) electrons. The van der Waals surface area contributed by atoms with Crippen molar-refractivity contribution in [1.82, 2.24) is 25.1 Å². The average Bonchev–Trinajstić information content (AvgIpc) is 2.94. The van der Waals surface area contributed by atoms with Crippen LogP contribution in [0.4, 0.5) is 16.0 Å². The Morgan fingerprint density at radius 2 is 2.07 bits per heavy atom. The summed E-state index contributed by atoms with van der Waals surface area (Å²) in [4.78, 5) is 37.6. The van der Waals surface area contributed by atoms with Crippen molar-refractivity contribution in [2.45, 2.75) is 58.0 Å². The number of aromatic nitrogens is 2. The zero-order valence-corrected chi connectivity index (χ0v) is 24.6. The number of rotatable bonds is 11. The largest absolute Gasteiger partial charge is 0.477 e. The lowest BCUT2D eigenvalue weighted by Crippen LogP contribution is -2.49. The first-order valence-corrected chi connectivity index (χ1v) is 14.1. The van der Waals surface area contributed by atoms with Crippen molar-refractivity contribution in [3.8, 4) is 17.7 Å². The normalized spacial score (nSPS) is 17.4. The number of carbonyl (C=O) groups excluding carboxylic acids is 2. The molecule has 0 bridgehead atoms. The zero-order valence-electron chi connectivity index (χ0n) is 24.6. The lowest BCUT2D eigenvalue weighted by Gasteiger charge is -2.30. The van der Waals surface area contributed by atoms with Crippen molar-refractivity contribution in [2.75, 3.05) is 39.6 Å². The Labute approximate surface area is 242 Å². The summed E-state index contributed by atoms with van der Waals surface area (Å²) in [6, 6.07) is 5.46. The molecule has 1 aliphatic rings. The third-order valence-corrected chi connectivity index (χ3v) is 6.75. The van der Waals surface area contributed by atoms with Crippen molar-refractivity contribution in [2.24, 2.45) is 5.92 Å². The second-order valence-electron chi connectivity index (χ2n) is 10.5. The van der Waals surface area contributed by atoms with Gasteiger partial charge in [-0.15, -0.1) is 0 Å². The monoisotopic (exact) mass is 564 g/mol. The number of hydrogen-bond donors (Lipinski definition) is 2. The van der Waals surface area contributed by atoms with Gasteiger partial charge in [0.1, 0.15) is 17.4 Å². The third kappa shape index (κ3) is 10.2. The smallest absolute Gasteiger partial charge is 0.246 e. The number of benzene rings is 1. The molecule has 0 unspecified atom stereocenters. The molecule has 2 aromatic rings. The fourth-order valence-corrected chi connectivity index (χ4v) is 4.32. The van der Waals surface area contributed by atoms with Crippen LogP contribution in [-0.2, 0) is 9.59 Å². The fourth-order valence-electron chi connectivity index (χ4n) is 4.32. The van der Waals surface area contributed by atoms with Crippen LogP contribution in [0.3, 0.4) is 0 Å². The SMILES string of the molecule is CCCOc1nc(Nc2cccc(F)c2)ncc1C#C[C@@H]1CCC[C@H](NC(=O)[C@H](C)N(C)C(=O)C=CCN(C)C)C1. The van der Waals surface area contributed by atoms with Crippen molar-refractivity contribution >= 4 is 23.5 Å². The fraction of sp³-hybridized carbons (Fsp3) is 0.484. The van der Waals surface area contributed by atoms with Gasteiger partial charge < -0.3 is 25.2 Å². The summed E-state index contributed by atoms with van der Waals surface area (Å²) in [6.45, 7) is 4.87. The summed E-state index contributed by atoms with van der Waals surface area (Å²) in [5.74, 6) is 6.52. The number of nitrogens with zero attached hydrogens (tertiary/aromatic N) is 4. The Kier molecular flexibility index (Phi) is 12.1. The molecule has 3 atom stereocenters. The highest BCUT2D eigenvalue weighted by Crippen LogP contribution is 2.25. The van der Waals surface area contributed by atoms with E-state index in [1.54, 1.807) is 38.4 Å². The molecule has 3 rings (SSSR count). The molecule has 41 heavy (non-hydrogen) atoms. The standard InChI is InChI=1S/C31H41FN6O3/c1-6-18-41-30-24(21-33-31(36-30)35-27-13-8-11-25(32)20-27)16-15-23-10-7-12-26(19-23)34-29(40)22(2)38(5)28(39)14-9-17-37(3)4/h8-9,11,13-14,20-23,26H,6-7,10,12,17-19H2,1-5H3,(H,34,40)(H,33,35,36)/t22-,23-,26-/m0/s1. The van der Waals surface area contributed by atoms with Crippen molar-refractivity contribution in [3.63, 3.8) is 0 Å². The number of nitrogens with one attached hydrogen (secondary N) is 2. The summed E-state index contributed by atoms with van der Waals surface area (Å²) in [6.07, 6.45) is 9.15. The minimum absolute atomic E-state index is 0.0179. The molecule has 0 saturated heterocycles. The summed E-state index contributed by atoms with van der Waals surface area (Å²) < 4.78 is 19.4. The Bertz CT molecular complexity index is 1270. The second-order valence-corrected chi connectivity index (χ2v) is 10.5. The van der Waals surface area contributed by atoms with Crippen molar-refractivity contribution in [1.29, 1.82) is 0 Å². The predicted molar refractivity (Wildman–Crippen MR) is 158 cm³/mol. The van der Waals surface area contributed by atoms with E-state index in [1.165, 1.54) is 23.1 Å². The summed E-state index contributed by atoms with van der Waals surface area (Å²) in [7, 11) is 5.49. The molecular formula is C31H41FN6O3. The van der Waals surface area contributed by atoms with Crippen LogP contribution in [0, 0.1) is 23.6 Å². The molecule has 2 amide bonds. The van der Waals surface area contributed by atoms with Crippen LogP contribution in [0.25, 0.3) is 0 Å². The van der Waals surface area contributed by atoms with Gasteiger partial charge in [0.15, 0.2) is 0 Å². The van der Waals surface area contributed by atoms with Gasteiger partial charge in [-0.2, -0.15) is 4.98 Å². The van der Waals surface area contributed by atoms with Gasteiger partial charge in [-0.3, -0.25) is 9.59 Å². The van der Waals surface area contributed by atoms with Crippen molar-refractivity contribution < 1.29 is 18.7 Å². The van der Waals surface area contributed by atoms with Gasteiger partial charge in [0.2, 0.25) is 23.6 Å². The predicted octanol–water partition coefficient (Wildman–Crippen LogP) is 4.14. The molecule has 0 aliphatic heterocycles. The van der Waals surface area contributed by atoms with Crippen molar-refractivity contribution in [3.05, 3.63) is 54.0 Å². The Balaban J connectivity index is 1.62. The number of carbonyl (C=O) groups is 2. The molecule has 1 heterocycles. The van der Waals surface area contributed by atoms with Crippen LogP contribution in [0.2, 0.25) is 0 Å². The molecule has 0 spiro atoms. The summed E-state index contributed by atoms with van der Waals surface area (Å²) in [5.41, 5.74) is 1.11. The summed E-state index contributed by atoms with van der Waals surface area (Å²) in [5, 5.41) is 6.11. The minimum Gasteiger partial charge on any atom is -0.477 e. The van der Waals surface area contributed by atoms with Crippen LogP contribution in [0.1, 0.15) is 51.5 Å². The topological polar surface area (TPSA) is 99.7 Å². The number of hydrogen-bond acceptors (Lipinski definition) is 7. The first-order valence-electron chi connectivity index (χ1n) is 14.1. The van der Waals surface area contributed by atoms with E-state index >= 15 is 0 Å². The maximum absolute atomic E-state index is 13.6. The van der Waals surface area contributed by atoms with Gasteiger partial charge in [-0.05, 0) is 64.9 Å². The van der Waals surface area contributed by atoms with Gasteiger partial charge in [-0.1, -0.05) is 37.3 Å². The van der Waals surface area contributed by atoms with E-state index in [4.69, 9.17) is 4.74 Å². The maximum atomic E-state index is 13.6. The highest BCUT2D eigenvalue weighted by Gasteiger charge is 2.26. The highest BCUT2D eigenvalue weighted by atomic mass is 19.1. The summed E-state index contributed by atoms with van der Waals surface area (Å²) >= 11 is 0.